The molecule has 5 aliphatic rings. The van der Waals surface area contributed by atoms with E-state index in [1.165, 1.54) is 0 Å². The summed E-state index contributed by atoms with van der Waals surface area (Å²) in [5.74, 6) is 0.634. The maximum absolute atomic E-state index is 12.8. The highest BCUT2D eigenvalue weighted by Gasteiger charge is 2.66. The largest absolute Gasteiger partial charge is 0.462 e. The molecule has 0 amide bonds. The number of hydrogen-bond acceptors (Lipinski definition) is 8. The van der Waals surface area contributed by atoms with Gasteiger partial charge in [-0.1, -0.05) is 27.7 Å². The normalized spacial score (nSPS) is 43.9. The Labute approximate surface area is 251 Å². The van der Waals surface area contributed by atoms with Crippen LogP contribution in [-0.2, 0) is 28.6 Å². The summed E-state index contributed by atoms with van der Waals surface area (Å²) in [5.41, 5.74) is -0.787. The number of fused-ring (bicyclic) bond motifs is 5. The van der Waals surface area contributed by atoms with Crippen LogP contribution in [0.3, 0.4) is 0 Å². The molecule has 8 heteroatoms. The highest BCUT2D eigenvalue weighted by molar-refractivity contribution is 5.76. The summed E-state index contributed by atoms with van der Waals surface area (Å²) in [4.78, 5) is 36.6. The van der Waals surface area contributed by atoms with Crippen LogP contribution >= 0.6 is 0 Å². The predicted molar refractivity (Wildman–Crippen MR) is 156 cm³/mol. The van der Waals surface area contributed by atoms with Crippen molar-refractivity contribution in [3.05, 3.63) is 0 Å². The third-order valence-electron chi connectivity index (χ3n) is 13.1. The van der Waals surface area contributed by atoms with Crippen molar-refractivity contribution in [3.8, 4) is 0 Å². The molecule has 0 bridgehead atoms. The van der Waals surface area contributed by atoms with Crippen molar-refractivity contribution in [2.24, 2.45) is 51.8 Å². The van der Waals surface area contributed by atoms with Crippen LogP contribution in [0.15, 0.2) is 0 Å². The van der Waals surface area contributed by atoms with Crippen molar-refractivity contribution in [2.45, 2.75) is 137 Å². The van der Waals surface area contributed by atoms with Gasteiger partial charge in [-0.05, 0) is 118 Å². The van der Waals surface area contributed by atoms with Crippen molar-refractivity contribution >= 4 is 17.9 Å². The first-order valence-corrected chi connectivity index (χ1v) is 16.6. The monoisotopic (exact) mass is 590 g/mol. The number of aliphatic hydroxyl groups is 2. The fourth-order valence-corrected chi connectivity index (χ4v) is 10.0. The molecule has 5 fully saturated rings. The van der Waals surface area contributed by atoms with Gasteiger partial charge in [0, 0.05) is 6.42 Å². The molecule has 0 aromatic rings. The molecule has 4 saturated carbocycles. The second-order valence-electron chi connectivity index (χ2n) is 15.7. The minimum absolute atomic E-state index is 0.00812. The molecule has 1 heterocycles. The van der Waals surface area contributed by atoms with Gasteiger partial charge in [0.1, 0.15) is 18.8 Å². The SMILES string of the molecule is CCC(C)(C)C(=O)OC1CCC2(C)C(C1)CC(O)C1C2CC(O)C2(C)C(C(C)CCC(=O)OC3COC(=O)C3)CCC12. The zero-order chi connectivity index (χ0) is 30.6. The molecule has 0 aromatic carbocycles. The lowest BCUT2D eigenvalue weighted by Crippen LogP contribution is -2.62. The predicted octanol–water partition coefficient (Wildman–Crippen LogP) is 5.21. The lowest BCUT2D eigenvalue weighted by atomic mass is 9.43. The summed E-state index contributed by atoms with van der Waals surface area (Å²) in [6.07, 6.45) is 6.33. The first kappa shape index (κ1) is 31.7. The van der Waals surface area contributed by atoms with Gasteiger partial charge in [-0.2, -0.15) is 0 Å². The van der Waals surface area contributed by atoms with E-state index in [9.17, 15) is 24.6 Å². The van der Waals surface area contributed by atoms with Crippen molar-refractivity contribution in [1.29, 1.82) is 0 Å². The average molecular weight is 591 g/mol. The maximum atomic E-state index is 12.8. The summed E-state index contributed by atoms with van der Waals surface area (Å²) in [6, 6.07) is 0. The lowest BCUT2D eigenvalue weighted by Gasteiger charge is -2.63. The van der Waals surface area contributed by atoms with Gasteiger partial charge < -0.3 is 24.4 Å². The van der Waals surface area contributed by atoms with Gasteiger partial charge >= 0.3 is 17.9 Å². The Bertz CT molecular complexity index is 1040. The van der Waals surface area contributed by atoms with Crippen LogP contribution in [0.1, 0.15) is 112 Å². The van der Waals surface area contributed by atoms with Crippen LogP contribution in [0.2, 0.25) is 0 Å². The van der Waals surface area contributed by atoms with Gasteiger partial charge in [0.05, 0.1) is 24.0 Å². The fraction of sp³-hybridized carbons (Fsp3) is 0.912. The lowest BCUT2D eigenvalue weighted by molar-refractivity contribution is -0.210. The van der Waals surface area contributed by atoms with Crippen molar-refractivity contribution < 1.29 is 38.8 Å². The summed E-state index contributed by atoms with van der Waals surface area (Å²) in [6.45, 7) is 12.8. The Kier molecular flexibility index (Phi) is 8.83. The maximum Gasteiger partial charge on any atom is 0.311 e. The van der Waals surface area contributed by atoms with E-state index in [0.717, 1.165) is 44.9 Å². The highest BCUT2D eigenvalue weighted by Crippen LogP contribution is 2.68. The molecule has 0 spiro atoms. The van der Waals surface area contributed by atoms with E-state index in [2.05, 4.69) is 20.8 Å². The first-order chi connectivity index (χ1) is 19.7. The van der Waals surface area contributed by atoms with E-state index in [1.807, 2.05) is 20.8 Å². The van der Waals surface area contributed by atoms with Gasteiger partial charge in [-0.3, -0.25) is 14.4 Å². The number of carbonyl (C=O) groups excluding carboxylic acids is 3. The zero-order valence-corrected chi connectivity index (χ0v) is 26.6. The topological polar surface area (TPSA) is 119 Å². The van der Waals surface area contributed by atoms with Crippen LogP contribution in [0, 0.1) is 51.8 Å². The minimum atomic E-state index is -0.488. The number of ether oxygens (including phenoxy) is 3. The van der Waals surface area contributed by atoms with E-state index < -0.39 is 23.7 Å². The van der Waals surface area contributed by atoms with Gasteiger partial charge in [-0.15, -0.1) is 0 Å². The van der Waals surface area contributed by atoms with E-state index in [1.54, 1.807) is 0 Å². The molecule has 8 nitrogen and oxygen atoms in total. The van der Waals surface area contributed by atoms with E-state index >= 15 is 0 Å². The van der Waals surface area contributed by atoms with Crippen LogP contribution < -0.4 is 0 Å². The molecule has 12 atom stereocenters. The molecule has 0 aromatic heterocycles. The molecule has 12 unspecified atom stereocenters. The average Bonchev–Trinajstić information content (AvgIpc) is 3.51. The van der Waals surface area contributed by atoms with E-state index in [-0.39, 0.29) is 89.8 Å². The number of cyclic esters (lactones) is 1. The Hall–Kier alpha value is -1.67. The quantitative estimate of drug-likeness (QED) is 0.292. The molecule has 0 radical (unpaired) electrons. The smallest absolute Gasteiger partial charge is 0.311 e. The number of hydrogen-bond donors (Lipinski definition) is 2. The Balaban J connectivity index is 1.24. The van der Waals surface area contributed by atoms with Gasteiger partial charge in [0.25, 0.3) is 0 Å². The molecular weight excluding hydrogens is 536 g/mol. The van der Waals surface area contributed by atoms with Crippen molar-refractivity contribution in [3.63, 3.8) is 0 Å². The molecule has 42 heavy (non-hydrogen) atoms. The third kappa shape index (κ3) is 5.52. The van der Waals surface area contributed by atoms with Crippen LogP contribution in [0.5, 0.6) is 0 Å². The fourth-order valence-electron chi connectivity index (χ4n) is 10.0. The third-order valence-corrected chi connectivity index (χ3v) is 13.1. The Morgan fingerprint density at radius 3 is 2.45 bits per heavy atom. The molecular formula is C34H54O8. The second kappa shape index (κ2) is 11.7. The summed E-state index contributed by atoms with van der Waals surface area (Å²) < 4.78 is 16.4. The zero-order valence-electron chi connectivity index (χ0n) is 26.6. The molecule has 4 aliphatic carbocycles. The van der Waals surface area contributed by atoms with Crippen molar-refractivity contribution in [2.75, 3.05) is 6.61 Å². The van der Waals surface area contributed by atoms with E-state index in [0.29, 0.717) is 12.8 Å². The number of esters is 3. The van der Waals surface area contributed by atoms with Gasteiger partial charge in [0.15, 0.2) is 0 Å². The van der Waals surface area contributed by atoms with Gasteiger partial charge in [-0.25, -0.2) is 0 Å². The summed E-state index contributed by atoms with van der Waals surface area (Å²) in [7, 11) is 0. The number of carbonyl (C=O) groups is 3. The van der Waals surface area contributed by atoms with E-state index in [4.69, 9.17) is 14.2 Å². The molecule has 2 N–H and O–H groups in total. The summed E-state index contributed by atoms with van der Waals surface area (Å²) >= 11 is 0. The first-order valence-electron chi connectivity index (χ1n) is 16.6. The van der Waals surface area contributed by atoms with Crippen LogP contribution in [-0.4, -0.2) is 59.1 Å². The minimum Gasteiger partial charge on any atom is -0.462 e. The molecule has 5 rings (SSSR count). The molecule has 238 valence electrons. The summed E-state index contributed by atoms with van der Waals surface area (Å²) in [5, 5.41) is 23.6. The molecule has 1 saturated heterocycles. The van der Waals surface area contributed by atoms with Crippen LogP contribution in [0.25, 0.3) is 0 Å². The van der Waals surface area contributed by atoms with Crippen molar-refractivity contribution in [1.82, 2.24) is 0 Å². The highest BCUT2D eigenvalue weighted by atomic mass is 16.6. The van der Waals surface area contributed by atoms with Crippen LogP contribution in [0.4, 0.5) is 0 Å². The molecule has 1 aliphatic heterocycles. The Morgan fingerprint density at radius 2 is 1.79 bits per heavy atom. The number of rotatable bonds is 8. The number of aliphatic hydroxyl groups excluding tert-OH is 2. The second-order valence-corrected chi connectivity index (χ2v) is 15.7. The Morgan fingerprint density at radius 1 is 1.05 bits per heavy atom. The standard InChI is InChI=1S/C34H54O8/c1-7-32(3,4)31(39)42-21-12-13-33(5)20(14-21)15-26(35)30-24-10-9-23(34(24,6)27(36)17-25(30)33)19(2)8-11-28(37)41-22-16-29(38)40-18-22/h19-27,30,35-36H,7-18H2,1-6H3. The van der Waals surface area contributed by atoms with Gasteiger partial charge in [0.2, 0.25) is 0 Å².